The van der Waals surface area contributed by atoms with E-state index in [1.807, 2.05) is 7.11 Å². The van der Waals surface area contributed by atoms with Gasteiger partial charge in [0.2, 0.25) is 0 Å². The highest BCUT2D eigenvalue weighted by Crippen LogP contribution is 2.51. The molecule has 0 fully saturated rings. The summed E-state index contributed by atoms with van der Waals surface area (Å²) in [6.45, 7) is 33.5. The fraction of sp³-hybridized carbons (Fsp3) is 0.585. The normalized spacial score (nSPS) is 23.3. The van der Waals surface area contributed by atoms with Gasteiger partial charge in [-0.15, -0.1) is 6.58 Å². The summed E-state index contributed by atoms with van der Waals surface area (Å²) in [7, 11) is 1.81. The zero-order chi connectivity index (χ0) is 32.6. The van der Waals surface area contributed by atoms with Crippen LogP contribution in [0.2, 0.25) is 0 Å². The van der Waals surface area contributed by atoms with Gasteiger partial charge in [-0.05, 0) is 83.6 Å². The van der Waals surface area contributed by atoms with Crippen LogP contribution in [0.3, 0.4) is 0 Å². The van der Waals surface area contributed by atoms with Crippen molar-refractivity contribution in [2.75, 3.05) is 13.7 Å². The van der Waals surface area contributed by atoms with Crippen molar-refractivity contribution in [2.24, 2.45) is 16.3 Å². The summed E-state index contributed by atoms with van der Waals surface area (Å²) in [4.78, 5) is 8.47. The van der Waals surface area contributed by atoms with E-state index in [4.69, 9.17) is 16.3 Å². The molecule has 3 heteroatoms. The van der Waals surface area contributed by atoms with E-state index in [1.165, 1.54) is 45.9 Å². The van der Waals surface area contributed by atoms with Crippen LogP contribution in [0.5, 0.6) is 0 Å². The van der Waals surface area contributed by atoms with Gasteiger partial charge in [0, 0.05) is 42.7 Å². The van der Waals surface area contributed by atoms with Crippen molar-refractivity contribution in [3.8, 4) is 0 Å². The zero-order valence-corrected chi connectivity index (χ0v) is 29.8. The Bertz CT molecular complexity index is 1420. The van der Waals surface area contributed by atoms with Crippen molar-refractivity contribution in [3.63, 3.8) is 0 Å². The molecule has 1 aliphatic carbocycles. The van der Waals surface area contributed by atoms with Crippen LogP contribution in [0, 0.1) is 11.3 Å². The van der Waals surface area contributed by atoms with Crippen LogP contribution in [0.1, 0.15) is 118 Å². The molecule has 0 N–H and O–H groups in total. The first kappa shape index (κ1) is 34.4. The molecule has 4 rings (SSSR count). The third-order valence-corrected chi connectivity index (χ3v) is 10.6. The largest absolute Gasteiger partial charge is 0.385 e. The van der Waals surface area contributed by atoms with E-state index in [0.29, 0.717) is 12.1 Å². The fourth-order valence-electron chi connectivity index (χ4n) is 7.82. The number of allylic oxidation sites excluding steroid dienone is 3. The average molecular weight is 597 g/mol. The second kappa shape index (κ2) is 13.5. The number of hydrogen-bond donors (Lipinski definition) is 0. The van der Waals surface area contributed by atoms with Gasteiger partial charge in [0.15, 0.2) is 0 Å². The van der Waals surface area contributed by atoms with Crippen LogP contribution in [-0.4, -0.2) is 48.5 Å². The maximum atomic E-state index is 5.75. The van der Waals surface area contributed by atoms with E-state index in [9.17, 15) is 0 Å². The molecule has 0 saturated carbocycles. The molecule has 2 aromatic carbocycles. The Morgan fingerprint density at radius 1 is 1.07 bits per heavy atom. The molecule has 2 aromatic rings. The predicted molar refractivity (Wildman–Crippen MR) is 192 cm³/mol. The molecule has 3 nitrogen and oxygen atoms in total. The predicted octanol–water partition coefficient (Wildman–Crippen LogP) is 10.4. The molecule has 0 radical (unpaired) electrons. The highest BCUT2D eigenvalue weighted by atomic mass is 16.5. The van der Waals surface area contributed by atoms with Crippen molar-refractivity contribution in [1.29, 1.82) is 0 Å². The minimum atomic E-state index is -0.174. The van der Waals surface area contributed by atoms with Crippen LogP contribution in [0.4, 0.5) is 0 Å². The molecule has 44 heavy (non-hydrogen) atoms. The van der Waals surface area contributed by atoms with Gasteiger partial charge in [-0.3, -0.25) is 9.89 Å². The molecule has 0 spiro atoms. The number of rotatable bonds is 12. The van der Waals surface area contributed by atoms with E-state index in [2.05, 4.69) is 123 Å². The van der Waals surface area contributed by atoms with Gasteiger partial charge in [-0.1, -0.05) is 105 Å². The van der Waals surface area contributed by atoms with Gasteiger partial charge in [-0.25, -0.2) is 0 Å². The lowest BCUT2D eigenvalue weighted by molar-refractivity contribution is 0.0680. The highest BCUT2D eigenvalue weighted by Gasteiger charge is 2.46. The lowest BCUT2D eigenvalue weighted by Gasteiger charge is -2.48. The van der Waals surface area contributed by atoms with Crippen LogP contribution >= 0.6 is 0 Å². The van der Waals surface area contributed by atoms with E-state index < -0.39 is 0 Å². The first-order valence-electron chi connectivity index (χ1n) is 17.1. The minimum Gasteiger partial charge on any atom is -0.385 e. The summed E-state index contributed by atoms with van der Waals surface area (Å²) < 4.78 is 5.58. The van der Waals surface area contributed by atoms with Crippen molar-refractivity contribution >= 4 is 16.5 Å². The Kier molecular flexibility index (Phi) is 10.5. The Labute approximate surface area is 269 Å². The summed E-state index contributed by atoms with van der Waals surface area (Å²) in [6.07, 6.45) is 9.22. The average Bonchev–Trinajstić information content (AvgIpc) is 2.98. The summed E-state index contributed by atoms with van der Waals surface area (Å²) >= 11 is 0. The first-order valence-corrected chi connectivity index (χ1v) is 17.1. The molecule has 240 valence electrons. The van der Waals surface area contributed by atoms with Crippen LogP contribution in [0.15, 0.2) is 71.8 Å². The van der Waals surface area contributed by atoms with E-state index >= 15 is 0 Å². The standard InChI is InChI=1S/C41H60N2O/c1-14-26(3)20-21-27(4)43(28(5)22-23-44-13)35(15-2)38-30(7)36-32-19-17-16-18-31(32)24-33-37(36)39(42-38)29(6)34(41(33,11)12)25-40(8,9)10/h15-19,24-28,30,35,38H,2,6,14,20-23H2,1,3-5,7-13H3/b34-25+/t26?,27?,28-,30?,35?,38?/m0/s1. The number of ether oxygens (including phenoxy) is 1. The minimum absolute atomic E-state index is 0.0247. The number of methoxy groups -OCH3 is 1. The van der Waals surface area contributed by atoms with Crippen LogP contribution < -0.4 is 0 Å². The fourth-order valence-corrected chi connectivity index (χ4v) is 7.82. The second-order valence-corrected chi connectivity index (χ2v) is 15.5. The number of fused-ring (bicyclic) bond motifs is 2. The third-order valence-electron chi connectivity index (χ3n) is 10.6. The molecular formula is C41H60N2O. The molecular weight excluding hydrogens is 536 g/mol. The monoisotopic (exact) mass is 596 g/mol. The number of benzene rings is 2. The van der Waals surface area contributed by atoms with E-state index in [0.717, 1.165) is 36.7 Å². The summed E-state index contributed by atoms with van der Waals surface area (Å²) in [5.41, 5.74) is 7.44. The van der Waals surface area contributed by atoms with Gasteiger partial charge >= 0.3 is 0 Å². The van der Waals surface area contributed by atoms with Crippen molar-refractivity contribution in [2.45, 2.75) is 130 Å². The van der Waals surface area contributed by atoms with Gasteiger partial charge in [0.05, 0.1) is 17.8 Å². The first-order chi connectivity index (χ1) is 20.7. The molecule has 0 amide bonds. The Hall–Kier alpha value is -2.49. The Morgan fingerprint density at radius 2 is 1.73 bits per heavy atom. The van der Waals surface area contributed by atoms with Crippen molar-refractivity contribution < 1.29 is 4.74 Å². The summed E-state index contributed by atoms with van der Waals surface area (Å²) in [6, 6.07) is 12.2. The molecule has 6 atom stereocenters. The number of nitrogens with zero attached hydrogens (tertiary/aromatic N) is 2. The molecule has 5 unspecified atom stereocenters. The third kappa shape index (κ3) is 6.56. The SMILES string of the molecule is C=CC(C1N=C2C(=C)/C(=C\C(C)(C)C)C(C)(C)c3cc4ccccc4c(c32)C1C)N(C(C)CCC(C)CC)[C@@H](C)CCOC. The molecule has 1 heterocycles. The number of aliphatic imine (C=N–C) groups is 1. The lowest BCUT2D eigenvalue weighted by atomic mass is 9.61. The molecule has 0 saturated heterocycles. The van der Waals surface area contributed by atoms with Gasteiger partial charge in [0.25, 0.3) is 0 Å². The highest BCUT2D eigenvalue weighted by molar-refractivity contribution is 6.21. The van der Waals surface area contributed by atoms with E-state index in [1.54, 1.807) is 0 Å². The summed E-state index contributed by atoms with van der Waals surface area (Å²) in [5.74, 6) is 0.945. The van der Waals surface area contributed by atoms with E-state index in [-0.39, 0.29) is 28.8 Å². The Morgan fingerprint density at radius 3 is 2.34 bits per heavy atom. The van der Waals surface area contributed by atoms with Crippen molar-refractivity contribution in [1.82, 2.24) is 4.90 Å². The molecule has 1 aliphatic heterocycles. The topological polar surface area (TPSA) is 24.8 Å². The zero-order valence-electron chi connectivity index (χ0n) is 29.8. The Balaban J connectivity index is 1.95. The lowest BCUT2D eigenvalue weighted by Crippen LogP contribution is -2.53. The smallest absolute Gasteiger partial charge is 0.0764 e. The van der Waals surface area contributed by atoms with Crippen molar-refractivity contribution in [3.05, 3.63) is 83.5 Å². The molecule has 2 aliphatic rings. The quantitative estimate of drug-likeness (QED) is 0.228. The van der Waals surface area contributed by atoms with Crippen LogP contribution in [0.25, 0.3) is 10.8 Å². The maximum absolute atomic E-state index is 5.75. The molecule has 0 bridgehead atoms. The second-order valence-electron chi connectivity index (χ2n) is 15.5. The van der Waals surface area contributed by atoms with Gasteiger partial charge < -0.3 is 4.74 Å². The van der Waals surface area contributed by atoms with Gasteiger partial charge in [-0.2, -0.15) is 0 Å². The summed E-state index contributed by atoms with van der Waals surface area (Å²) in [5, 5.41) is 2.65. The maximum Gasteiger partial charge on any atom is 0.0764 e. The molecule has 0 aromatic heterocycles. The van der Waals surface area contributed by atoms with Gasteiger partial charge in [0.1, 0.15) is 0 Å². The van der Waals surface area contributed by atoms with Crippen LogP contribution in [-0.2, 0) is 10.2 Å². The number of hydrogen-bond acceptors (Lipinski definition) is 3.